The molecule has 3 aliphatic rings. The van der Waals surface area contributed by atoms with Crippen molar-refractivity contribution in [3.8, 4) is 5.75 Å². The van der Waals surface area contributed by atoms with Crippen LogP contribution in [0, 0.1) is 0 Å². The molecule has 2 heterocycles. The monoisotopic (exact) mass is 727 g/mol. The number of anilines is 4. The molecule has 0 aromatic heterocycles. The number of ether oxygens (including phenoxy) is 1. The van der Waals surface area contributed by atoms with Crippen molar-refractivity contribution in [2.24, 2.45) is 0 Å². The van der Waals surface area contributed by atoms with Gasteiger partial charge in [0.1, 0.15) is 12.0 Å². The van der Waals surface area contributed by atoms with E-state index in [1.54, 1.807) is 39.2 Å². The van der Waals surface area contributed by atoms with E-state index < -0.39 is 38.5 Å². The van der Waals surface area contributed by atoms with Crippen molar-refractivity contribution in [3.05, 3.63) is 61.2 Å². The van der Waals surface area contributed by atoms with E-state index in [2.05, 4.69) is 69.2 Å². The largest absolute Gasteiger partial charge is 0.495 e. The zero-order chi connectivity index (χ0) is 36.1. The van der Waals surface area contributed by atoms with Crippen molar-refractivity contribution in [2.75, 3.05) is 55.1 Å². The molecule has 13 heteroatoms. The quantitative estimate of drug-likeness (QED) is 0.111. The Morgan fingerprint density at radius 3 is 2.58 bits per heavy atom. The van der Waals surface area contributed by atoms with E-state index in [0.29, 0.717) is 28.9 Å². The van der Waals surface area contributed by atoms with Gasteiger partial charge in [0.25, 0.3) is 0 Å². The van der Waals surface area contributed by atoms with Crippen LogP contribution in [0.4, 0.5) is 22.7 Å². The molecule has 0 radical (unpaired) electrons. The van der Waals surface area contributed by atoms with Gasteiger partial charge in [0.05, 0.1) is 57.1 Å². The number of hydrogen-bond acceptors (Lipinski definition) is 10. The van der Waals surface area contributed by atoms with Gasteiger partial charge in [0.15, 0.2) is 9.84 Å². The fourth-order valence-corrected chi connectivity index (χ4v) is 8.68. The van der Waals surface area contributed by atoms with E-state index in [0.717, 1.165) is 63.7 Å². The number of para-hydroxylation sites is 1. The highest BCUT2D eigenvalue weighted by Crippen LogP contribution is 2.40. The molecule has 5 N–H and O–H groups in total. The van der Waals surface area contributed by atoms with Gasteiger partial charge in [-0.25, -0.2) is 8.42 Å². The molecule has 0 saturated carbocycles. The van der Waals surface area contributed by atoms with Gasteiger partial charge in [-0.2, -0.15) is 0 Å². The Bertz CT molecular complexity index is 1650. The van der Waals surface area contributed by atoms with Gasteiger partial charge in [-0.05, 0) is 77.9 Å². The first kappa shape index (κ1) is 38.0. The predicted octanol–water partition coefficient (Wildman–Crippen LogP) is 5.73. The van der Waals surface area contributed by atoms with Crippen LogP contribution >= 0.6 is 11.6 Å². The number of benzene rings is 2. The maximum Gasteiger partial charge on any atom is 0.247 e. The Morgan fingerprint density at radius 1 is 1.12 bits per heavy atom. The molecule has 5 atom stereocenters. The molecular weight excluding hydrogens is 674 g/mol. The third kappa shape index (κ3) is 8.42. The number of hydrogen-bond donors (Lipinski definition) is 5. The highest BCUT2D eigenvalue weighted by atomic mass is 35.5. The first-order valence-electron chi connectivity index (χ1n) is 17.7. The first-order valence-corrected chi connectivity index (χ1v) is 19.6. The van der Waals surface area contributed by atoms with E-state index in [9.17, 15) is 13.2 Å². The normalized spacial score (nSPS) is 26.0. The number of alkyl halides is 1. The number of carbonyl (C=O) groups is 1. The van der Waals surface area contributed by atoms with Crippen molar-refractivity contribution in [2.45, 2.75) is 98.4 Å². The summed E-state index contributed by atoms with van der Waals surface area (Å²) in [5.41, 5.74) is 2.03. The summed E-state index contributed by atoms with van der Waals surface area (Å²) in [6.07, 6.45) is 11.7. The predicted molar refractivity (Wildman–Crippen MR) is 205 cm³/mol. The number of methoxy groups -OCH3 is 1. The van der Waals surface area contributed by atoms with Crippen LogP contribution in [0.1, 0.15) is 58.8 Å². The second-order valence-corrected chi connectivity index (χ2v) is 17.0. The van der Waals surface area contributed by atoms with Crippen molar-refractivity contribution in [1.82, 2.24) is 15.5 Å². The second kappa shape index (κ2) is 16.4. The molecular formula is C37H54ClN7O4S. The third-order valence-electron chi connectivity index (χ3n) is 10.1. The van der Waals surface area contributed by atoms with Crippen LogP contribution in [0.5, 0.6) is 5.75 Å². The van der Waals surface area contributed by atoms with Crippen molar-refractivity contribution in [3.63, 3.8) is 0 Å². The van der Waals surface area contributed by atoms with Gasteiger partial charge >= 0.3 is 0 Å². The smallest absolute Gasteiger partial charge is 0.247 e. The number of allylic oxidation sites excluding steroid dienone is 1. The van der Waals surface area contributed by atoms with Crippen LogP contribution < -0.4 is 36.2 Å². The van der Waals surface area contributed by atoms with Gasteiger partial charge in [-0.1, -0.05) is 50.1 Å². The van der Waals surface area contributed by atoms with Crippen LogP contribution in [-0.4, -0.2) is 88.2 Å². The van der Waals surface area contributed by atoms with E-state index in [4.69, 9.17) is 16.3 Å². The summed E-state index contributed by atoms with van der Waals surface area (Å²) in [6.45, 7) is 8.69. The number of rotatable bonds is 11. The lowest BCUT2D eigenvalue weighted by Crippen LogP contribution is -2.74. The summed E-state index contributed by atoms with van der Waals surface area (Å²) in [7, 11) is 2.23. The molecule has 2 aliphatic heterocycles. The average molecular weight is 728 g/mol. The second-order valence-electron chi connectivity index (χ2n) is 14.0. The van der Waals surface area contributed by atoms with Crippen LogP contribution in [0.25, 0.3) is 0 Å². The standard InChI is InChI=1S/C37H54ClN7O4S/c1-7-33(46)39-28-22-29(31(49-6)23-30(28)45-21-18-26(24-45)44(4)5)41-36-42-35(34(38)37(43-36)19-14-10-8-9-11-15-20-37)40-27-16-12-13-17-32(27)50(47,48)25(2)3/h7,12-14,16-17,19,22-23,25-26,34-36,40-43H,1,8-11,15,18,20-21,24H2,2-6H3,(H,39,46). The minimum Gasteiger partial charge on any atom is -0.495 e. The third-order valence-corrected chi connectivity index (χ3v) is 12.9. The number of nitrogens with one attached hydrogen (secondary N) is 5. The Morgan fingerprint density at radius 2 is 1.88 bits per heavy atom. The Kier molecular flexibility index (Phi) is 12.4. The molecule has 11 nitrogen and oxygen atoms in total. The minimum atomic E-state index is -3.58. The molecule has 0 bridgehead atoms. The van der Waals surface area contributed by atoms with Crippen molar-refractivity contribution < 1.29 is 17.9 Å². The first-order chi connectivity index (χ1) is 23.9. The summed E-state index contributed by atoms with van der Waals surface area (Å²) in [6, 6.07) is 11.2. The van der Waals surface area contributed by atoms with Crippen LogP contribution in [0.15, 0.2) is 66.1 Å². The van der Waals surface area contributed by atoms with E-state index in [1.807, 2.05) is 18.2 Å². The van der Waals surface area contributed by atoms with Crippen molar-refractivity contribution in [1.29, 1.82) is 0 Å². The van der Waals surface area contributed by atoms with Gasteiger partial charge in [-0.3, -0.25) is 15.4 Å². The molecule has 5 rings (SSSR count). The van der Waals surface area contributed by atoms with Gasteiger partial charge in [0.2, 0.25) is 5.91 Å². The fourth-order valence-electron chi connectivity index (χ4n) is 7.09. The van der Waals surface area contributed by atoms with Crippen molar-refractivity contribution >= 4 is 50.1 Å². The molecule has 1 amide bonds. The molecule has 2 saturated heterocycles. The van der Waals surface area contributed by atoms with Gasteiger partial charge in [0, 0.05) is 25.2 Å². The Balaban J connectivity index is 1.53. The summed E-state index contributed by atoms with van der Waals surface area (Å²) in [5, 5.41) is 16.4. The molecule has 274 valence electrons. The molecule has 50 heavy (non-hydrogen) atoms. The lowest BCUT2D eigenvalue weighted by atomic mass is 9.84. The van der Waals surface area contributed by atoms with Crippen LogP contribution in [0.2, 0.25) is 0 Å². The lowest BCUT2D eigenvalue weighted by Gasteiger charge is -2.49. The zero-order valence-corrected chi connectivity index (χ0v) is 31.5. The van der Waals surface area contributed by atoms with E-state index in [-0.39, 0.29) is 10.8 Å². The van der Waals surface area contributed by atoms with Gasteiger partial charge < -0.3 is 30.5 Å². The van der Waals surface area contributed by atoms with Crippen LogP contribution in [0.3, 0.4) is 0 Å². The van der Waals surface area contributed by atoms with Gasteiger partial charge in [-0.15, -0.1) is 11.6 Å². The molecule has 5 unspecified atom stereocenters. The Hall–Kier alpha value is -3.29. The number of likely N-dealkylation sites (N-methyl/N-ethyl adjacent to an activating group) is 1. The summed E-state index contributed by atoms with van der Waals surface area (Å²) in [5.74, 6) is 0.303. The number of sulfone groups is 1. The maximum atomic E-state index is 13.4. The van der Waals surface area contributed by atoms with E-state index in [1.165, 1.54) is 6.08 Å². The fraction of sp³-hybridized carbons (Fsp3) is 0.541. The van der Waals surface area contributed by atoms with E-state index >= 15 is 0 Å². The summed E-state index contributed by atoms with van der Waals surface area (Å²) in [4.78, 5) is 17.4. The summed E-state index contributed by atoms with van der Waals surface area (Å²) >= 11 is 7.42. The number of amides is 1. The Labute approximate surface area is 303 Å². The number of nitrogens with zero attached hydrogens (tertiary/aromatic N) is 2. The number of carbonyl (C=O) groups excluding carboxylic acids is 1. The zero-order valence-electron chi connectivity index (χ0n) is 30.0. The summed E-state index contributed by atoms with van der Waals surface area (Å²) < 4.78 is 32.7. The molecule has 2 aromatic rings. The highest BCUT2D eigenvalue weighted by Gasteiger charge is 2.46. The number of halogens is 1. The maximum absolute atomic E-state index is 13.4. The highest BCUT2D eigenvalue weighted by molar-refractivity contribution is 7.92. The molecule has 1 aliphatic carbocycles. The average Bonchev–Trinajstić information content (AvgIpc) is 3.62. The topological polar surface area (TPSA) is 127 Å². The SMILES string of the molecule is C=CC(=O)Nc1cc(NC2NC(Nc3ccccc3S(=O)(=O)C(C)C)C(Cl)C3(C=CCCCCCC3)N2)c(OC)cc1N1CCC(N(C)C)C1. The minimum absolute atomic E-state index is 0.237. The molecule has 2 aromatic carbocycles. The molecule has 2 fully saturated rings. The lowest BCUT2D eigenvalue weighted by molar-refractivity contribution is -0.111. The van der Waals surface area contributed by atoms with Crippen LogP contribution in [-0.2, 0) is 14.6 Å². The molecule has 1 spiro atoms.